The molecule has 0 atom stereocenters. The van der Waals surface area contributed by atoms with Crippen LogP contribution >= 0.6 is 0 Å². The van der Waals surface area contributed by atoms with Crippen molar-refractivity contribution >= 4 is 17.6 Å². The van der Waals surface area contributed by atoms with Crippen LogP contribution in [0.1, 0.15) is 28.4 Å². The van der Waals surface area contributed by atoms with Crippen molar-refractivity contribution in [1.29, 1.82) is 0 Å². The molecule has 0 spiro atoms. The van der Waals surface area contributed by atoms with Crippen molar-refractivity contribution in [2.75, 3.05) is 7.11 Å². The lowest BCUT2D eigenvalue weighted by atomic mass is 10.0. The van der Waals surface area contributed by atoms with Gasteiger partial charge in [0, 0.05) is 5.56 Å². The highest BCUT2D eigenvalue weighted by Gasteiger charge is 2.12. The molecule has 7 nitrogen and oxygen atoms in total. The summed E-state index contributed by atoms with van der Waals surface area (Å²) in [6, 6.07) is 11.2. The number of phenols is 1. The van der Waals surface area contributed by atoms with Crippen molar-refractivity contribution in [1.82, 2.24) is 5.43 Å². The van der Waals surface area contributed by atoms with Crippen molar-refractivity contribution in [2.24, 2.45) is 5.10 Å². The molecule has 0 bridgehead atoms. The fourth-order valence-electron chi connectivity index (χ4n) is 2.23. The Morgan fingerprint density at radius 3 is 2.56 bits per heavy atom. The average Bonchev–Trinajstić information content (AvgIpc) is 2.59. The number of hydrazone groups is 1. The van der Waals surface area contributed by atoms with Crippen LogP contribution in [-0.2, 0) is 11.2 Å². The van der Waals surface area contributed by atoms with Crippen LogP contribution in [0.5, 0.6) is 11.5 Å². The predicted molar refractivity (Wildman–Crippen MR) is 92.1 cm³/mol. The molecule has 0 radical (unpaired) electrons. The number of carbonyl (C=O) groups is 2. The molecule has 0 aliphatic rings. The summed E-state index contributed by atoms with van der Waals surface area (Å²) in [7, 11) is 1.47. The Labute approximate surface area is 144 Å². The topological polar surface area (TPSA) is 108 Å². The normalized spacial score (nSPS) is 11.0. The van der Waals surface area contributed by atoms with Crippen molar-refractivity contribution in [3.8, 4) is 11.5 Å². The number of aromatic hydroxyl groups is 1. The second-order valence-corrected chi connectivity index (χ2v) is 5.25. The molecule has 0 unspecified atom stereocenters. The molecule has 3 N–H and O–H groups in total. The first-order valence-electron chi connectivity index (χ1n) is 7.44. The van der Waals surface area contributed by atoms with Gasteiger partial charge in [0.2, 0.25) is 0 Å². The standard InChI is InChI=1S/C18H18N2O5/c1-11(19-20-18(24)14-5-3-4-6-15(14)21)12-7-8-16(25-2)13(9-12)10-17(22)23/h3-9,21H,10H2,1-2H3,(H,20,24)(H,22,23)/b19-11-. The van der Waals surface area contributed by atoms with E-state index in [1.807, 2.05) is 0 Å². The second kappa shape index (κ2) is 7.96. The molecule has 0 saturated carbocycles. The number of hydrogen-bond donors (Lipinski definition) is 3. The van der Waals surface area contributed by atoms with Crippen LogP contribution in [0, 0.1) is 0 Å². The van der Waals surface area contributed by atoms with Gasteiger partial charge in [0.15, 0.2) is 0 Å². The maximum atomic E-state index is 12.0. The fourth-order valence-corrected chi connectivity index (χ4v) is 2.23. The van der Waals surface area contributed by atoms with E-state index in [4.69, 9.17) is 9.84 Å². The lowest BCUT2D eigenvalue weighted by Gasteiger charge is -2.09. The highest BCUT2D eigenvalue weighted by Crippen LogP contribution is 2.21. The lowest BCUT2D eigenvalue weighted by Crippen LogP contribution is -2.19. The van der Waals surface area contributed by atoms with E-state index in [0.29, 0.717) is 22.6 Å². The van der Waals surface area contributed by atoms with E-state index in [1.54, 1.807) is 37.3 Å². The van der Waals surface area contributed by atoms with E-state index in [2.05, 4.69) is 10.5 Å². The first-order valence-corrected chi connectivity index (χ1v) is 7.44. The van der Waals surface area contributed by atoms with Crippen LogP contribution in [0.15, 0.2) is 47.6 Å². The molecule has 0 aromatic heterocycles. The molecular weight excluding hydrogens is 324 g/mol. The van der Waals surface area contributed by atoms with Gasteiger partial charge in [-0.3, -0.25) is 9.59 Å². The van der Waals surface area contributed by atoms with Gasteiger partial charge in [-0.15, -0.1) is 0 Å². The summed E-state index contributed by atoms with van der Waals surface area (Å²) in [6.45, 7) is 1.68. The Morgan fingerprint density at radius 2 is 1.92 bits per heavy atom. The van der Waals surface area contributed by atoms with E-state index in [0.717, 1.165) is 0 Å². The SMILES string of the molecule is COc1ccc(/C(C)=N\NC(=O)c2ccccc2O)cc1CC(=O)O. The largest absolute Gasteiger partial charge is 0.507 e. The molecule has 0 fully saturated rings. The average molecular weight is 342 g/mol. The number of nitrogens with zero attached hydrogens (tertiary/aromatic N) is 1. The molecular formula is C18H18N2O5. The molecule has 1 amide bonds. The highest BCUT2D eigenvalue weighted by molar-refractivity contribution is 6.01. The van der Waals surface area contributed by atoms with E-state index in [1.165, 1.54) is 19.2 Å². The number of methoxy groups -OCH3 is 1. The summed E-state index contributed by atoms with van der Waals surface area (Å²) in [4.78, 5) is 23.0. The fraction of sp³-hybridized carbons (Fsp3) is 0.167. The third-order valence-electron chi connectivity index (χ3n) is 3.51. The van der Waals surface area contributed by atoms with E-state index >= 15 is 0 Å². The van der Waals surface area contributed by atoms with Crippen LogP contribution in [0.4, 0.5) is 0 Å². The zero-order valence-corrected chi connectivity index (χ0v) is 13.8. The first-order chi connectivity index (χ1) is 11.9. The zero-order chi connectivity index (χ0) is 18.4. The number of benzene rings is 2. The zero-order valence-electron chi connectivity index (χ0n) is 13.8. The summed E-state index contributed by atoms with van der Waals surface area (Å²) in [5.41, 5.74) is 4.12. The summed E-state index contributed by atoms with van der Waals surface area (Å²) >= 11 is 0. The van der Waals surface area contributed by atoms with Crippen LogP contribution < -0.4 is 10.2 Å². The molecule has 0 heterocycles. The monoisotopic (exact) mass is 342 g/mol. The molecule has 7 heteroatoms. The Hall–Kier alpha value is -3.35. The maximum Gasteiger partial charge on any atom is 0.307 e. The van der Waals surface area contributed by atoms with Gasteiger partial charge in [-0.25, -0.2) is 5.43 Å². The van der Waals surface area contributed by atoms with Gasteiger partial charge < -0.3 is 14.9 Å². The van der Waals surface area contributed by atoms with E-state index in [9.17, 15) is 14.7 Å². The number of hydrogen-bond acceptors (Lipinski definition) is 5. The second-order valence-electron chi connectivity index (χ2n) is 5.25. The van der Waals surface area contributed by atoms with Gasteiger partial charge in [0.05, 0.1) is 24.8 Å². The van der Waals surface area contributed by atoms with Crippen LogP contribution in [0.3, 0.4) is 0 Å². The lowest BCUT2D eigenvalue weighted by molar-refractivity contribution is -0.136. The van der Waals surface area contributed by atoms with Gasteiger partial charge in [0.25, 0.3) is 5.91 Å². The van der Waals surface area contributed by atoms with Crippen LogP contribution in [0.2, 0.25) is 0 Å². The molecule has 0 aliphatic heterocycles. The minimum absolute atomic E-state index is 0.111. The summed E-state index contributed by atoms with van der Waals surface area (Å²) in [6.07, 6.45) is -0.186. The van der Waals surface area contributed by atoms with Crippen LogP contribution in [-0.4, -0.2) is 34.9 Å². The Balaban J connectivity index is 2.20. The number of carboxylic acid groups (broad SMARTS) is 1. The Bertz CT molecular complexity index is 830. The molecule has 25 heavy (non-hydrogen) atoms. The molecule has 0 aliphatic carbocycles. The third kappa shape index (κ3) is 4.57. The Morgan fingerprint density at radius 1 is 1.20 bits per heavy atom. The molecule has 2 aromatic carbocycles. The number of aliphatic carboxylic acids is 1. The summed E-state index contributed by atoms with van der Waals surface area (Å²) in [5.74, 6) is -1.19. The molecule has 2 aromatic rings. The number of nitrogens with one attached hydrogen (secondary N) is 1. The third-order valence-corrected chi connectivity index (χ3v) is 3.51. The quantitative estimate of drug-likeness (QED) is 0.551. The molecule has 130 valence electrons. The van der Waals surface area contributed by atoms with Gasteiger partial charge in [-0.05, 0) is 42.8 Å². The predicted octanol–water partition coefficient (Wildman–Crippen LogP) is 2.18. The maximum absolute atomic E-state index is 12.0. The Kier molecular flexibility index (Phi) is 5.73. The molecule has 0 saturated heterocycles. The summed E-state index contributed by atoms with van der Waals surface area (Å²) < 4.78 is 5.15. The number of rotatable bonds is 6. The summed E-state index contributed by atoms with van der Waals surface area (Å²) in [5, 5.41) is 22.6. The smallest absolute Gasteiger partial charge is 0.307 e. The van der Waals surface area contributed by atoms with Crippen LogP contribution in [0.25, 0.3) is 0 Å². The number of ether oxygens (including phenoxy) is 1. The van der Waals surface area contributed by atoms with Crippen molar-refractivity contribution in [3.05, 3.63) is 59.2 Å². The number of carboxylic acids is 1. The number of carbonyl (C=O) groups excluding carboxylic acids is 1. The van der Waals surface area contributed by atoms with Crippen molar-refractivity contribution in [3.63, 3.8) is 0 Å². The van der Waals surface area contributed by atoms with Crippen molar-refractivity contribution < 1.29 is 24.5 Å². The minimum Gasteiger partial charge on any atom is -0.507 e. The molecule has 2 rings (SSSR count). The number of amides is 1. The number of para-hydroxylation sites is 1. The first kappa shape index (κ1) is 18.0. The van der Waals surface area contributed by atoms with E-state index < -0.39 is 11.9 Å². The van der Waals surface area contributed by atoms with Gasteiger partial charge >= 0.3 is 5.97 Å². The number of phenolic OH excluding ortho intramolecular Hbond substituents is 1. The van der Waals surface area contributed by atoms with Gasteiger partial charge in [0.1, 0.15) is 11.5 Å². The minimum atomic E-state index is -0.974. The van der Waals surface area contributed by atoms with Gasteiger partial charge in [-0.1, -0.05) is 12.1 Å². The van der Waals surface area contributed by atoms with Crippen molar-refractivity contribution in [2.45, 2.75) is 13.3 Å². The van der Waals surface area contributed by atoms with Gasteiger partial charge in [-0.2, -0.15) is 5.10 Å². The van der Waals surface area contributed by atoms with E-state index in [-0.39, 0.29) is 17.7 Å². The highest BCUT2D eigenvalue weighted by atomic mass is 16.5.